The van der Waals surface area contributed by atoms with Crippen LogP contribution in [0.3, 0.4) is 0 Å². The molecule has 0 bridgehead atoms. The molecule has 0 fully saturated rings. The molecule has 2 aromatic rings. The molecule has 2 rings (SSSR count). The quantitative estimate of drug-likeness (QED) is 0.808. The van der Waals surface area contributed by atoms with Gasteiger partial charge in [-0.2, -0.15) is 0 Å². The summed E-state index contributed by atoms with van der Waals surface area (Å²) < 4.78 is 5.47. The van der Waals surface area contributed by atoms with Gasteiger partial charge >= 0.3 is 0 Å². The van der Waals surface area contributed by atoms with Crippen molar-refractivity contribution in [1.29, 1.82) is 0 Å². The first-order valence-corrected chi connectivity index (χ1v) is 7.40. The van der Waals surface area contributed by atoms with E-state index >= 15 is 0 Å². The second-order valence-corrected chi connectivity index (χ2v) is 5.45. The van der Waals surface area contributed by atoms with Gasteiger partial charge in [0.15, 0.2) is 0 Å². The number of para-hydroxylation sites is 1. The smallest absolute Gasteiger partial charge is 0.0945 e. The van der Waals surface area contributed by atoms with E-state index in [1.54, 1.807) is 18.2 Å². The number of hydrogen-bond acceptors (Lipinski definition) is 3. The average Bonchev–Trinajstić information content (AvgIpc) is 2.48. The lowest BCUT2D eigenvalue weighted by Crippen LogP contribution is -2.25. The summed E-state index contributed by atoms with van der Waals surface area (Å²) in [5, 5.41) is 14.0. The van der Waals surface area contributed by atoms with Crippen molar-refractivity contribution in [3.8, 4) is 0 Å². The summed E-state index contributed by atoms with van der Waals surface area (Å²) in [6, 6.07) is 15.1. The monoisotopic (exact) mass is 325 g/mol. The van der Waals surface area contributed by atoms with Crippen LogP contribution >= 0.6 is 23.2 Å². The molecule has 112 valence electrons. The molecule has 0 aliphatic rings. The van der Waals surface area contributed by atoms with Crippen LogP contribution in [0.5, 0.6) is 0 Å². The summed E-state index contributed by atoms with van der Waals surface area (Å²) in [7, 11) is 0. The van der Waals surface area contributed by atoms with E-state index in [2.05, 4.69) is 5.32 Å². The van der Waals surface area contributed by atoms with Crippen molar-refractivity contribution in [3.63, 3.8) is 0 Å². The number of aliphatic hydroxyl groups is 1. The molecule has 0 aliphatic carbocycles. The molecule has 1 unspecified atom stereocenters. The van der Waals surface area contributed by atoms with Gasteiger partial charge in [0.05, 0.1) is 35.1 Å². The van der Waals surface area contributed by atoms with Crippen molar-refractivity contribution in [2.24, 2.45) is 0 Å². The molecule has 0 spiro atoms. The molecular formula is C16H17Cl2NO2. The number of anilines is 1. The molecule has 0 radical (unpaired) electrons. The lowest BCUT2D eigenvalue weighted by atomic mass is 10.2. The molecule has 0 aromatic heterocycles. The predicted octanol–water partition coefficient (Wildman–Crippen LogP) is 3.98. The van der Waals surface area contributed by atoms with E-state index in [0.29, 0.717) is 28.9 Å². The zero-order valence-electron chi connectivity index (χ0n) is 11.4. The zero-order chi connectivity index (χ0) is 15.1. The van der Waals surface area contributed by atoms with Gasteiger partial charge in [-0.05, 0) is 17.7 Å². The Morgan fingerprint density at radius 1 is 1.00 bits per heavy atom. The van der Waals surface area contributed by atoms with Crippen molar-refractivity contribution in [2.75, 3.05) is 18.5 Å². The van der Waals surface area contributed by atoms with E-state index in [1.165, 1.54) is 0 Å². The summed E-state index contributed by atoms with van der Waals surface area (Å²) in [4.78, 5) is 0. The lowest BCUT2D eigenvalue weighted by molar-refractivity contribution is 0.0348. The Kier molecular flexibility index (Phi) is 6.33. The number of rotatable bonds is 7. The third-order valence-electron chi connectivity index (χ3n) is 2.90. The van der Waals surface area contributed by atoms with Crippen molar-refractivity contribution in [3.05, 3.63) is 64.1 Å². The summed E-state index contributed by atoms with van der Waals surface area (Å²) in [5.41, 5.74) is 1.70. The van der Waals surface area contributed by atoms with Gasteiger partial charge < -0.3 is 15.2 Å². The molecule has 2 N–H and O–H groups in total. The highest BCUT2D eigenvalue weighted by Crippen LogP contribution is 2.29. The average molecular weight is 326 g/mol. The standard InChI is InChI=1S/C16H17Cl2NO2/c17-14-7-4-8-15(18)16(14)19-9-13(20)11-21-10-12-5-2-1-3-6-12/h1-8,13,19-20H,9-11H2. The van der Waals surface area contributed by atoms with Gasteiger partial charge in [-0.15, -0.1) is 0 Å². The van der Waals surface area contributed by atoms with Gasteiger partial charge in [-0.25, -0.2) is 0 Å². The maximum Gasteiger partial charge on any atom is 0.0945 e. The number of hydrogen-bond donors (Lipinski definition) is 2. The van der Waals surface area contributed by atoms with Gasteiger partial charge in [-0.1, -0.05) is 59.6 Å². The second kappa shape index (κ2) is 8.25. The predicted molar refractivity (Wildman–Crippen MR) is 87.1 cm³/mol. The minimum atomic E-state index is -0.638. The van der Waals surface area contributed by atoms with E-state index < -0.39 is 6.10 Å². The Labute approximate surface area is 134 Å². The molecule has 0 saturated carbocycles. The summed E-state index contributed by atoms with van der Waals surface area (Å²) in [6.07, 6.45) is -0.638. The molecule has 1 atom stereocenters. The summed E-state index contributed by atoms with van der Waals surface area (Å²) >= 11 is 12.1. The molecule has 3 nitrogen and oxygen atoms in total. The van der Waals surface area contributed by atoms with Crippen LogP contribution in [0, 0.1) is 0 Å². The van der Waals surface area contributed by atoms with Crippen molar-refractivity contribution in [2.45, 2.75) is 12.7 Å². The van der Waals surface area contributed by atoms with Gasteiger partial charge in [0, 0.05) is 6.54 Å². The summed E-state index contributed by atoms with van der Waals surface area (Å²) in [6.45, 7) is 1.03. The van der Waals surface area contributed by atoms with Crippen LogP contribution < -0.4 is 5.32 Å². The Morgan fingerprint density at radius 2 is 1.67 bits per heavy atom. The summed E-state index contributed by atoms with van der Waals surface area (Å²) in [5.74, 6) is 0. The first kappa shape index (κ1) is 16.1. The highest BCUT2D eigenvalue weighted by Gasteiger charge is 2.08. The minimum Gasteiger partial charge on any atom is -0.389 e. The fourth-order valence-electron chi connectivity index (χ4n) is 1.83. The van der Waals surface area contributed by atoms with Crippen LogP contribution in [-0.4, -0.2) is 24.4 Å². The topological polar surface area (TPSA) is 41.5 Å². The van der Waals surface area contributed by atoms with Crippen molar-refractivity contribution in [1.82, 2.24) is 0 Å². The Balaban J connectivity index is 1.74. The van der Waals surface area contributed by atoms with Gasteiger partial charge in [0.2, 0.25) is 0 Å². The first-order valence-electron chi connectivity index (χ1n) is 6.64. The van der Waals surface area contributed by atoms with E-state index in [4.69, 9.17) is 27.9 Å². The van der Waals surface area contributed by atoms with Gasteiger partial charge in [-0.3, -0.25) is 0 Å². The van der Waals surface area contributed by atoms with Crippen LogP contribution in [0.4, 0.5) is 5.69 Å². The molecule has 21 heavy (non-hydrogen) atoms. The largest absolute Gasteiger partial charge is 0.389 e. The SMILES string of the molecule is OC(CNc1c(Cl)cccc1Cl)COCc1ccccc1. The third-order valence-corrected chi connectivity index (χ3v) is 3.53. The second-order valence-electron chi connectivity index (χ2n) is 4.63. The maximum absolute atomic E-state index is 9.90. The Morgan fingerprint density at radius 3 is 2.33 bits per heavy atom. The number of nitrogens with one attached hydrogen (secondary N) is 1. The van der Waals surface area contributed by atoms with E-state index in [1.807, 2.05) is 30.3 Å². The van der Waals surface area contributed by atoms with Gasteiger partial charge in [0.25, 0.3) is 0 Å². The Hall–Kier alpha value is -1.26. The Bertz CT molecular complexity index is 543. The molecule has 0 amide bonds. The van der Waals surface area contributed by atoms with E-state index in [9.17, 15) is 5.11 Å². The van der Waals surface area contributed by atoms with Crippen LogP contribution in [-0.2, 0) is 11.3 Å². The molecular weight excluding hydrogens is 309 g/mol. The van der Waals surface area contributed by atoms with Crippen LogP contribution in [0.25, 0.3) is 0 Å². The van der Waals surface area contributed by atoms with Crippen LogP contribution in [0.15, 0.2) is 48.5 Å². The molecule has 0 saturated heterocycles. The zero-order valence-corrected chi connectivity index (χ0v) is 12.9. The fraction of sp³-hybridized carbons (Fsp3) is 0.250. The normalized spacial score (nSPS) is 12.1. The fourth-order valence-corrected chi connectivity index (χ4v) is 2.36. The number of benzene rings is 2. The van der Waals surface area contributed by atoms with Crippen molar-refractivity contribution >= 4 is 28.9 Å². The highest BCUT2D eigenvalue weighted by atomic mass is 35.5. The first-order chi connectivity index (χ1) is 10.2. The molecule has 2 aromatic carbocycles. The number of aliphatic hydroxyl groups excluding tert-OH is 1. The van der Waals surface area contributed by atoms with E-state index in [-0.39, 0.29) is 6.61 Å². The van der Waals surface area contributed by atoms with Crippen LogP contribution in [0.1, 0.15) is 5.56 Å². The number of halogens is 2. The lowest BCUT2D eigenvalue weighted by Gasteiger charge is -2.15. The molecule has 0 aliphatic heterocycles. The molecule has 0 heterocycles. The van der Waals surface area contributed by atoms with Crippen LogP contribution in [0.2, 0.25) is 10.0 Å². The minimum absolute atomic E-state index is 0.240. The third kappa shape index (κ3) is 5.21. The van der Waals surface area contributed by atoms with Crippen molar-refractivity contribution < 1.29 is 9.84 Å². The maximum atomic E-state index is 9.90. The molecule has 5 heteroatoms. The van der Waals surface area contributed by atoms with Gasteiger partial charge in [0.1, 0.15) is 0 Å². The highest BCUT2D eigenvalue weighted by molar-refractivity contribution is 6.39. The van der Waals surface area contributed by atoms with E-state index in [0.717, 1.165) is 5.56 Å². The number of ether oxygens (including phenoxy) is 1.